The Bertz CT molecular complexity index is 1050. The average molecular weight is 538 g/mol. The van der Waals surface area contributed by atoms with Gasteiger partial charge in [-0.2, -0.15) is 0 Å². The van der Waals surface area contributed by atoms with Crippen LogP contribution in [0.2, 0.25) is 0 Å². The molecule has 2 rings (SSSR count). The topological polar surface area (TPSA) is 87.7 Å². The highest BCUT2D eigenvalue weighted by molar-refractivity contribution is 5.92. The number of nitrogens with one attached hydrogen (secondary N) is 2. The Morgan fingerprint density at radius 3 is 2.23 bits per heavy atom. The number of rotatable bonds is 14. The molecule has 2 aromatic carbocycles. The lowest BCUT2D eigenvalue weighted by atomic mass is 9.98. The second-order valence-corrected chi connectivity index (χ2v) is 11.1. The van der Waals surface area contributed by atoms with Crippen LogP contribution < -0.4 is 10.6 Å². The van der Waals surface area contributed by atoms with Gasteiger partial charge in [0.1, 0.15) is 17.7 Å². The molecule has 0 fully saturated rings. The molecule has 0 aliphatic heterocycles. The van der Waals surface area contributed by atoms with Crippen LogP contribution in [-0.4, -0.2) is 47.5 Å². The molecular weight excluding hydrogens is 490 g/mol. The van der Waals surface area contributed by atoms with E-state index in [2.05, 4.69) is 24.5 Å². The number of alkyl carbamates (subject to hydrolysis) is 1. The van der Waals surface area contributed by atoms with Gasteiger partial charge in [0.15, 0.2) is 0 Å². The van der Waals surface area contributed by atoms with Gasteiger partial charge in [0.2, 0.25) is 11.8 Å². The van der Waals surface area contributed by atoms with Crippen LogP contribution >= 0.6 is 0 Å². The van der Waals surface area contributed by atoms with E-state index in [1.807, 2.05) is 61.5 Å². The maximum Gasteiger partial charge on any atom is 0.408 e. The van der Waals surface area contributed by atoms with Gasteiger partial charge in [-0.1, -0.05) is 93.3 Å². The molecule has 0 radical (unpaired) electrons. The van der Waals surface area contributed by atoms with E-state index in [1.165, 1.54) is 0 Å². The Labute approximate surface area is 234 Å². The van der Waals surface area contributed by atoms with Gasteiger partial charge in [0.25, 0.3) is 0 Å². The molecule has 2 unspecified atom stereocenters. The van der Waals surface area contributed by atoms with Crippen molar-refractivity contribution in [3.63, 3.8) is 0 Å². The van der Waals surface area contributed by atoms with Crippen LogP contribution in [0.25, 0.3) is 0 Å². The summed E-state index contributed by atoms with van der Waals surface area (Å²) in [4.78, 5) is 42.5. The zero-order chi connectivity index (χ0) is 28.8. The number of benzene rings is 2. The summed E-state index contributed by atoms with van der Waals surface area (Å²) in [7, 11) is 0. The summed E-state index contributed by atoms with van der Waals surface area (Å²) in [5, 5.41) is 5.86. The molecule has 0 aliphatic rings. The van der Waals surface area contributed by atoms with Crippen LogP contribution in [0.15, 0.2) is 54.6 Å². The second-order valence-electron chi connectivity index (χ2n) is 11.1. The molecule has 0 spiro atoms. The number of carbonyl (C=O) groups is 3. The van der Waals surface area contributed by atoms with Crippen molar-refractivity contribution < 1.29 is 19.1 Å². The summed E-state index contributed by atoms with van der Waals surface area (Å²) in [5.41, 5.74) is 1.95. The molecule has 0 aromatic heterocycles. The van der Waals surface area contributed by atoms with Gasteiger partial charge in [0, 0.05) is 19.5 Å². The number of carbonyl (C=O) groups excluding carboxylic acids is 3. The fourth-order valence-corrected chi connectivity index (χ4v) is 4.40. The van der Waals surface area contributed by atoms with E-state index in [-0.39, 0.29) is 18.2 Å². The summed E-state index contributed by atoms with van der Waals surface area (Å²) in [6.07, 6.45) is 4.07. The number of hydrogen-bond donors (Lipinski definition) is 2. The first kappa shape index (κ1) is 31.9. The zero-order valence-electron chi connectivity index (χ0n) is 24.6. The van der Waals surface area contributed by atoms with Crippen LogP contribution in [-0.2, 0) is 20.7 Å². The summed E-state index contributed by atoms with van der Waals surface area (Å²) in [5.74, 6) is -0.521. The van der Waals surface area contributed by atoms with Crippen LogP contribution in [0.4, 0.5) is 4.79 Å². The largest absolute Gasteiger partial charge is 0.444 e. The van der Waals surface area contributed by atoms with Crippen molar-refractivity contribution in [1.29, 1.82) is 0 Å². The van der Waals surface area contributed by atoms with Crippen molar-refractivity contribution in [1.82, 2.24) is 15.5 Å². The molecule has 2 atom stereocenters. The molecule has 2 N–H and O–H groups in total. The van der Waals surface area contributed by atoms with Crippen LogP contribution in [0.1, 0.15) is 89.5 Å². The maximum absolute atomic E-state index is 14.4. The second kappa shape index (κ2) is 15.9. The van der Waals surface area contributed by atoms with Crippen molar-refractivity contribution in [2.24, 2.45) is 0 Å². The quantitative estimate of drug-likeness (QED) is 0.285. The third-order valence-electron chi connectivity index (χ3n) is 6.30. The summed E-state index contributed by atoms with van der Waals surface area (Å²) >= 11 is 0. The van der Waals surface area contributed by atoms with Gasteiger partial charge >= 0.3 is 6.09 Å². The Morgan fingerprint density at radius 2 is 1.62 bits per heavy atom. The van der Waals surface area contributed by atoms with Gasteiger partial charge in [-0.15, -0.1) is 0 Å². The minimum absolute atomic E-state index is 0.213. The van der Waals surface area contributed by atoms with Crippen molar-refractivity contribution >= 4 is 17.9 Å². The number of unbranched alkanes of at least 4 members (excludes halogenated alkanes) is 3. The highest BCUT2D eigenvalue weighted by Gasteiger charge is 2.36. The molecule has 7 nitrogen and oxygen atoms in total. The first-order valence-electron chi connectivity index (χ1n) is 14.2. The molecule has 214 valence electrons. The summed E-state index contributed by atoms with van der Waals surface area (Å²) in [6.45, 7) is 12.4. The number of amides is 3. The Morgan fingerprint density at radius 1 is 0.923 bits per heavy atom. The van der Waals surface area contributed by atoms with Crippen molar-refractivity contribution in [3.8, 4) is 0 Å². The Balaban J connectivity index is 2.51. The maximum atomic E-state index is 14.4. The lowest BCUT2D eigenvalue weighted by Crippen LogP contribution is -2.54. The number of nitrogens with zero attached hydrogens (tertiary/aromatic N) is 1. The summed E-state index contributed by atoms with van der Waals surface area (Å²) in [6, 6.07) is 15.6. The van der Waals surface area contributed by atoms with E-state index in [1.54, 1.807) is 25.7 Å². The van der Waals surface area contributed by atoms with Crippen LogP contribution in [0, 0.1) is 6.92 Å². The minimum Gasteiger partial charge on any atom is -0.444 e. The molecule has 0 bridgehead atoms. The Kier molecular flexibility index (Phi) is 13.0. The molecule has 0 heterocycles. The third kappa shape index (κ3) is 11.1. The SMILES string of the molecule is CCCCCN(C(=O)C(Cc1ccccc1)NC(=O)OC(C)(C)C)C(C(=O)NCCCC)c1cccc(C)c1. The van der Waals surface area contributed by atoms with Gasteiger partial charge in [-0.3, -0.25) is 9.59 Å². The smallest absolute Gasteiger partial charge is 0.408 e. The fourth-order valence-electron chi connectivity index (χ4n) is 4.40. The third-order valence-corrected chi connectivity index (χ3v) is 6.30. The fraction of sp³-hybridized carbons (Fsp3) is 0.531. The van der Waals surface area contributed by atoms with Crippen molar-refractivity contribution in [2.45, 2.75) is 97.8 Å². The predicted molar refractivity (Wildman–Crippen MR) is 156 cm³/mol. The van der Waals surface area contributed by atoms with Gasteiger partial charge in [0.05, 0.1) is 0 Å². The van der Waals surface area contributed by atoms with Crippen LogP contribution in [0.3, 0.4) is 0 Å². The van der Waals surface area contributed by atoms with E-state index < -0.39 is 23.8 Å². The predicted octanol–water partition coefficient (Wildman–Crippen LogP) is 6.11. The van der Waals surface area contributed by atoms with E-state index in [0.29, 0.717) is 13.1 Å². The van der Waals surface area contributed by atoms with E-state index in [0.717, 1.165) is 48.8 Å². The molecule has 0 aliphatic carbocycles. The normalized spacial score (nSPS) is 12.8. The lowest BCUT2D eigenvalue weighted by Gasteiger charge is -2.35. The van der Waals surface area contributed by atoms with E-state index >= 15 is 0 Å². The first-order chi connectivity index (χ1) is 18.6. The molecule has 0 saturated heterocycles. The standard InChI is InChI=1S/C32H47N3O4/c1-7-9-14-21-35(28(29(36)33-20-10-8-2)26-19-15-16-24(3)22-26)30(37)27(23-25-17-12-11-13-18-25)34-31(38)39-32(4,5)6/h11-13,15-19,22,27-28H,7-10,14,20-21,23H2,1-6H3,(H,33,36)(H,34,38). The van der Waals surface area contributed by atoms with E-state index in [4.69, 9.17) is 4.74 Å². The van der Waals surface area contributed by atoms with Crippen LogP contribution in [0.5, 0.6) is 0 Å². The van der Waals surface area contributed by atoms with E-state index in [9.17, 15) is 14.4 Å². The highest BCUT2D eigenvalue weighted by atomic mass is 16.6. The number of aryl methyl sites for hydroxylation is 1. The number of ether oxygens (including phenoxy) is 1. The zero-order valence-corrected chi connectivity index (χ0v) is 24.6. The molecule has 7 heteroatoms. The van der Waals surface area contributed by atoms with Gasteiger partial charge < -0.3 is 20.3 Å². The average Bonchev–Trinajstić information content (AvgIpc) is 2.87. The summed E-state index contributed by atoms with van der Waals surface area (Å²) < 4.78 is 5.51. The molecule has 2 aromatic rings. The number of hydrogen-bond acceptors (Lipinski definition) is 4. The molecule has 0 saturated carbocycles. The molecule has 39 heavy (non-hydrogen) atoms. The first-order valence-corrected chi connectivity index (χ1v) is 14.2. The van der Waals surface area contributed by atoms with Crippen molar-refractivity contribution in [2.75, 3.05) is 13.1 Å². The highest BCUT2D eigenvalue weighted by Crippen LogP contribution is 2.25. The minimum atomic E-state index is -0.903. The molecule has 3 amide bonds. The van der Waals surface area contributed by atoms with Crippen molar-refractivity contribution in [3.05, 3.63) is 71.3 Å². The molecular formula is C32H47N3O4. The monoisotopic (exact) mass is 537 g/mol. The van der Waals surface area contributed by atoms with Gasteiger partial charge in [-0.25, -0.2) is 4.79 Å². The lowest BCUT2D eigenvalue weighted by molar-refractivity contribution is -0.142. The Hall–Kier alpha value is -3.35. The van der Waals surface area contributed by atoms with Gasteiger partial charge in [-0.05, 0) is 51.7 Å².